The first kappa shape index (κ1) is 29.8. The van der Waals surface area contributed by atoms with Crippen molar-refractivity contribution in [2.45, 2.75) is 50.2 Å². The molecule has 14 heteroatoms. The largest absolute Gasteiger partial charge is 0.370 e. The van der Waals surface area contributed by atoms with E-state index in [0.717, 1.165) is 5.75 Å². The van der Waals surface area contributed by atoms with Crippen LogP contribution in [0.4, 0.5) is 0 Å². The molecule has 0 aromatic rings. The molecule has 1 aliphatic heterocycles. The maximum absolute atomic E-state index is 12.9. The molecule has 0 saturated carbocycles. The number of hydrogen-bond donors (Lipinski definition) is 6. The quantitative estimate of drug-likeness (QED) is 0.0921. The van der Waals surface area contributed by atoms with Gasteiger partial charge >= 0.3 is 0 Å². The SMILES string of the molecule is CSCC[C@H](N)C(=O)N1CCC[C@H]1C(=O)N[C@@H](CCCN=C(N)N)C(=O)NCC(N)=O.Cl. The first-order valence-corrected chi connectivity index (χ1v) is 11.5. The second kappa shape index (κ2) is 15.5. The summed E-state index contributed by atoms with van der Waals surface area (Å²) < 4.78 is 0. The highest BCUT2D eigenvalue weighted by atomic mass is 35.5. The Labute approximate surface area is 198 Å². The molecule has 4 amide bonds. The molecule has 0 spiro atoms. The lowest BCUT2D eigenvalue weighted by Crippen LogP contribution is -2.55. The summed E-state index contributed by atoms with van der Waals surface area (Å²) in [6.07, 6.45) is 4.26. The summed E-state index contributed by atoms with van der Waals surface area (Å²) in [6, 6.07) is -2.30. The monoisotopic (exact) mass is 494 g/mol. The summed E-state index contributed by atoms with van der Waals surface area (Å²) in [5.74, 6) is -1.29. The molecule has 32 heavy (non-hydrogen) atoms. The fourth-order valence-corrected chi connectivity index (χ4v) is 3.71. The van der Waals surface area contributed by atoms with Crippen LogP contribution in [0.25, 0.3) is 0 Å². The van der Waals surface area contributed by atoms with Crippen LogP contribution in [0.5, 0.6) is 0 Å². The van der Waals surface area contributed by atoms with E-state index < -0.39 is 35.8 Å². The number of likely N-dealkylation sites (tertiary alicyclic amines) is 1. The van der Waals surface area contributed by atoms with Gasteiger partial charge in [-0.2, -0.15) is 11.8 Å². The van der Waals surface area contributed by atoms with Crippen molar-refractivity contribution in [2.24, 2.45) is 27.9 Å². The number of hydrogen-bond acceptors (Lipinski definition) is 7. The summed E-state index contributed by atoms with van der Waals surface area (Å²) in [4.78, 5) is 54.3. The van der Waals surface area contributed by atoms with E-state index in [2.05, 4.69) is 15.6 Å². The molecule has 10 N–H and O–H groups in total. The molecule has 0 aromatic heterocycles. The number of amides is 4. The third-order valence-corrected chi connectivity index (χ3v) is 5.45. The Morgan fingerprint density at radius 1 is 1.19 bits per heavy atom. The van der Waals surface area contributed by atoms with Crippen LogP contribution in [0.1, 0.15) is 32.1 Å². The number of thioether (sulfide) groups is 1. The summed E-state index contributed by atoms with van der Waals surface area (Å²) >= 11 is 1.59. The van der Waals surface area contributed by atoms with Crippen LogP contribution in [0, 0.1) is 0 Å². The minimum Gasteiger partial charge on any atom is -0.370 e. The van der Waals surface area contributed by atoms with Crippen molar-refractivity contribution in [3.63, 3.8) is 0 Å². The van der Waals surface area contributed by atoms with Crippen LogP contribution in [-0.4, -0.2) is 84.3 Å². The zero-order chi connectivity index (χ0) is 23.4. The van der Waals surface area contributed by atoms with Crippen LogP contribution in [0.3, 0.4) is 0 Å². The Hall–Kier alpha value is -2.25. The first-order valence-electron chi connectivity index (χ1n) is 10.1. The Morgan fingerprint density at radius 2 is 1.88 bits per heavy atom. The number of carbonyl (C=O) groups is 4. The van der Waals surface area contributed by atoms with Crippen molar-refractivity contribution in [3.05, 3.63) is 0 Å². The highest BCUT2D eigenvalue weighted by Crippen LogP contribution is 2.19. The first-order chi connectivity index (χ1) is 14.7. The van der Waals surface area contributed by atoms with E-state index in [0.29, 0.717) is 32.2 Å². The highest BCUT2D eigenvalue weighted by molar-refractivity contribution is 7.98. The molecule has 0 unspecified atom stereocenters. The van der Waals surface area contributed by atoms with Crippen LogP contribution in [-0.2, 0) is 19.2 Å². The van der Waals surface area contributed by atoms with Crippen LogP contribution in [0.15, 0.2) is 4.99 Å². The Kier molecular flexibility index (Phi) is 14.4. The minimum atomic E-state index is -0.927. The number of nitrogens with zero attached hydrogens (tertiary/aromatic N) is 2. The lowest BCUT2D eigenvalue weighted by atomic mass is 10.1. The van der Waals surface area contributed by atoms with Gasteiger partial charge < -0.3 is 38.5 Å². The van der Waals surface area contributed by atoms with Crippen LogP contribution >= 0.6 is 24.2 Å². The molecule has 0 bridgehead atoms. The molecule has 1 saturated heterocycles. The van der Waals surface area contributed by atoms with E-state index in [1.807, 2.05) is 6.26 Å². The van der Waals surface area contributed by atoms with E-state index >= 15 is 0 Å². The average molecular weight is 495 g/mol. The summed E-state index contributed by atoms with van der Waals surface area (Å²) in [5, 5.41) is 5.07. The third-order valence-electron chi connectivity index (χ3n) is 4.80. The predicted octanol–water partition coefficient (Wildman–Crippen LogP) is -2.38. The highest BCUT2D eigenvalue weighted by Gasteiger charge is 2.37. The van der Waals surface area contributed by atoms with Gasteiger partial charge in [0.05, 0.1) is 12.6 Å². The van der Waals surface area contributed by atoms with E-state index in [1.165, 1.54) is 4.90 Å². The van der Waals surface area contributed by atoms with Crippen molar-refractivity contribution in [1.29, 1.82) is 0 Å². The molecule has 1 rings (SSSR count). The molecular weight excluding hydrogens is 460 g/mol. The molecule has 0 aliphatic carbocycles. The van der Waals surface area contributed by atoms with Gasteiger partial charge in [0.25, 0.3) is 0 Å². The van der Waals surface area contributed by atoms with Crippen molar-refractivity contribution in [2.75, 3.05) is 31.6 Å². The molecule has 3 atom stereocenters. The number of aliphatic imine (C=N–C) groups is 1. The Bertz CT molecular complexity index is 677. The molecule has 1 heterocycles. The van der Waals surface area contributed by atoms with Gasteiger partial charge in [-0.15, -0.1) is 12.4 Å². The van der Waals surface area contributed by atoms with Gasteiger partial charge in [0.1, 0.15) is 12.1 Å². The zero-order valence-corrected chi connectivity index (χ0v) is 19.9. The second-order valence-electron chi connectivity index (χ2n) is 7.27. The van der Waals surface area contributed by atoms with Gasteiger partial charge in [0, 0.05) is 13.1 Å². The van der Waals surface area contributed by atoms with E-state index in [9.17, 15) is 19.2 Å². The number of halogens is 1. The zero-order valence-electron chi connectivity index (χ0n) is 18.2. The maximum Gasteiger partial charge on any atom is 0.243 e. The second-order valence-corrected chi connectivity index (χ2v) is 8.26. The van der Waals surface area contributed by atoms with Gasteiger partial charge in [0.2, 0.25) is 23.6 Å². The molecule has 0 radical (unpaired) electrons. The normalized spacial score (nSPS) is 16.9. The predicted molar refractivity (Wildman–Crippen MR) is 127 cm³/mol. The molecular formula is C18H35ClN8O4S. The summed E-state index contributed by atoms with van der Waals surface area (Å²) in [5.41, 5.74) is 21.6. The maximum atomic E-state index is 12.9. The van der Waals surface area contributed by atoms with Crippen LogP contribution in [0.2, 0.25) is 0 Å². The van der Waals surface area contributed by atoms with E-state index in [-0.39, 0.29) is 43.8 Å². The van der Waals surface area contributed by atoms with Crippen molar-refractivity contribution in [1.82, 2.24) is 15.5 Å². The standard InChI is InChI=1S/C18H34N8O4S.ClH/c1-31-9-6-11(19)17(30)26-8-3-5-13(26)16(29)25-12(4-2-7-23-18(21)22)15(28)24-10-14(20)27;/h11-13H,2-10,19H2,1H3,(H2,20,27)(H,24,28)(H,25,29)(H4,21,22,23);1H/t11-,12-,13-;/m0./s1. The third kappa shape index (κ3) is 10.4. The topological polar surface area (TPSA) is 212 Å². The van der Waals surface area contributed by atoms with Crippen molar-refractivity contribution >= 4 is 53.8 Å². The fraction of sp³-hybridized carbons (Fsp3) is 0.722. The number of guanidine groups is 1. The average Bonchev–Trinajstić information content (AvgIpc) is 3.21. The molecule has 184 valence electrons. The summed E-state index contributed by atoms with van der Waals surface area (Å²) in [7, 11) is 0. The number of nitrogens with two attached hydrogens (primary N) is 4. The number of carbonyl (C=O) groups excluding carboxylic acids is 4. The van der Waals surface area contributed by atoms with E-state index in [4.69, 9.17) is 22.9 Å². The van der Waals surface area contributed by atoms with E-state index in [1.54, 1.807) is 11.8 Å². The number of rotatable bonds is 13. The Balaban J connectivity index is 0.00000961. The van der Waals surface area contributed by atoms with Gasteiger partial charge in [-0.1, -0.05) is 0 Å². The molecule has 1 aliphatic rings. The molecule has 12 nitrogen and oxygen atoms in total. The summed E-state index contributed by atoms with van der Waals surface area (Å²) in [6.45, 7) is 0.362. The van der Waals surface area contributed by atoms with Crippen molar-refractivity contribution in [3.8, 4) is 0 Å². The minimum absolute atomic E-state index is 0. The number of nitrogens with one attached hydrogen (secondary N) is 2. The lowest BCUT2D eigenvalue weighted by molar-refractivity contribution is -0.140. The van der Waals surface area contributed by atoms with Crippen LogP contribution < -0.4 is 33.6 Å². The lowest BCUT2D eigenvalue weighted by Gasteiger charge is -2.28. The van der Waals surface area contributed by atoms with Gasteiger partial charge in [0.15, 0.2) is 5.96 Å². The molecule has 1 fully saturated rings. The Morgan fingerprint density at radius 3 is 2.47 bits per heavy atom. The van der Waals surface area contributed by atoms with Crippen molar-refractivity contribution < 1.29 is 19.2 Å². The van der Waals surface area contributed by atoms with Gasteiger partial charge in [-0.25, -0.2) is 0 Å². The smallest absolute Gasteiger partial charge is 0.243 e. The fourth-order valence-electron chi connectivity index (χ4n) is 3.22. The molecule has 0 aromatic carbocycles. The number of primary amides is 1. The van der Waals surface area contributed by atoms with Gasteiger partial charge in [-0.3, -0.25) is 24.2 Å². The van der Waals surface area contributed by atoms with Gasteiger partial charge in [-0.05, 0) is 44.1 Å².